The minimum Gasteiger partial charge on any atom is -0.460 e. The number of methoxy groups -OCH3 is 1. The predicted octanol–water partition coefficient (Wildman–Crippen LogP) is 3.79. The molecular formula is C23H29NO4. The van der Waals surface area contributed by atoms with Gasteiger partial charge in [-0.1, -0.05) is 43.7 Å². The number of carbonyl (C=O) groups is 2. The Hall–Kier alpha value is -2.40. The highest BCUT2D eigenvalue weighted by atomic mass is 16.6. The van der Waals surface area contributed by atoms with Gasteiger partial charge in [-0.15, -0.1) is 0 Å². The van der Waals surface area contributed by atoms with E-state index in [0.717, 1.165) is 28.9 Å². The van der Waals surface area contributed by atoms with Crippen LogP contribution in [0, 0.1) is 12.3 Å². The van der Waals surface area contributed by atoms with E-state index in [4.69, 9.17) is 9.47 Å². The third-order valence-corrected chi connectivity index (χ3v) is 5.36. The number of dihydropyridines is 1. The number of esters is 1. The van der Waals surface area contributed by atoms with Crippen molar-refractivity contribution in [1.82, 2.24) is 5.32 Å². The van der Waals surface area contributed by atoms with E-state index in [2.05, 4.69) is 19.2 Å². The van der Waals surface area contributed by atoms with Crippen molar-refractivity contribution in [3.8, 4) is 0 Å². The van der Waals surface area contributed by atoms with Crippen molar-refractivity contribution >= 4 is 11.8 Å². The number of hydrogen-bond donors (Lipinski definition) is 1. The molecule has 5 nitrogen and oxygen atoms in total. The lowest BCUT2D eigenvalue weighted by Crippen LogP contribution is -2.38. The standard InChI is InChI=1S/C23H29NO4/c1-14-7-6-8-16(11-14)20-19(22(26)28-10-9-27-5)15(2)24-17-12-23(3,4)13-18(25)21(17)20/h6-8,11,20,24H,9-10,12-13H2,1-5H3. The van der Waals surface area contributed by atoms with Crippen LogP contribution in [0.5, 0.6) is 0 Å². The third-order valence-electron chi connectivity index (χ3n) is 5.36. The number of benzene rings is 1. The fourth-order valence-electron chi connectivity index (χ4n) is 4.19. The number of nitrogens with one attached hydrogen (secondary N) is 1. The summed E-state index contributed by atoms with van der Waals surface area (Å²) in [5, 5.41) is 3.35. The van der Waals surface area contributed by atoms with Crippen LogP contribution in [0.1, 0.15) is 50.7 Å². The Balaban J connectivity index is 2.09. The van der Waals surface area contributed by atoms with Crippen molar-refractivity contribution in [1.29, 1.82) is 0 Å². The van der Waals surface area contributed by atoms with Crippen molar-refractivity contribution in [3.63, 3.8) is 0 Å². The van der Waals surface area contributed by atoms with Crippen molar-refractivity contribution in [2.75, 3.05) is 20.3 Å². The van der Waals surface area contributed by atoms with Crippen LogP contribution in [0.15, 0.2) is 46.8 Å². The fourth-order valence-corrected chi connectivity index (χ4v) is 4.19. The first-order valence-electron chi connectivity index (χ1n) is 9.70. The van der Waals surface area contributed by atoms with Crippen LogP contribution in [-0.2, 0) is 19.1 Å². The number of rotatable bonds is 5. The predicted molar refractivity (Wildman–Crippen MR) is 108 cm³/mol. The van der Waals surface area contributed by atoms with E-state index in [1.807, 2.05) is 38.1 Å². The summed E-state index contributed by atoms with van der Waals surface area (Å²) in [5.41, 5.74) is 4.82. The molecule has 0 saturated heterocycles. The Morgan fingerprint density at radius 3 is 2.64 bits per heavy atom. The van der Waals surface area contributed by atoms with E-state index < -0.39 is 11.9 Å². The molecule has 0 aromatic heterocycles. The lowest BCUT2D eigenvalue weighted by atomic mass is 9.68. The Morgan fingerprint density at radius 2 is 1.96 bits per heavy atom. The van der Waals surface area contributed by atoms with Crippen LogP contribution in [0.3, 0.4) is 0 Å². The van der Waals surface area contributed by atoms with Gasteiger partial charge in [0.15, 0.2) is 5.78 Å². The van der Waals surface area contributed by atoms with Crippen LogP contribution in [0.2, 0.25) is 0 Å². The first-order valence-corrected chi connectivity index (χ1v) is 9.70. The maximum absolute atomic E-state index is 13.2. The Bertz CT molecular complexity index is 863. The second kappa shape index (κ2) is 7.92. The van der Waals surface area contributed by atoms with Gasteiger partial charge in [0, 0.05) is 36.4 Å². The molecule has 2 aliphatic rings. The number of hydrogen-bond acceptors (Lipinski definition) is 5. The minimum absolute atomic E-state index is 0.0972. The average Bonchev–Trinajstić information content (AvgIpc) is 2.59. The molecule has 0 radical (unpaired) electrons. The molecule has 150 valence electrons. The number of allylic oxidation sites excluding steroid dienone is 3. The molecule has 28 heavy (non-hydrogen) atoms. The summed E-state index contributed by atoms with van der Waals surface area (Å²) < 4.78 is 10.4. The topological polar surface area (TPSA) is 64.6 Å². The molecular weight excluding hydrogens is 354 g/mol. The lowest BCUT2D eigenvalue weighted by molar-refractivity contribution is -0.140. The Labute approximate surface area is 166 Å². The van der Waals surface area contributed by atoms with Crippen LogP contribution in [0.4, 0.5) is 0 Å². The third kappa shape index (κ3) is 4.04. The highest BCUT2D eigenvalue weighted by molar-refractivity contribution is 6.04. The number of aryl methyl sites for hydroxylation is 1. The molecule has 0 fully saturated rings. The van der Waals surface area contributed by atoms with Gasteiger partial charge in [0.05, 0.1) is 12.2 Å². The summed E-state index contributed by atoms with van der Waals surface area (Å²) in [6.07, 6.45) is 1.25. The maximum atomic E-state index is 13.2. The van der Waals surface area contributed by atoms with Gasteiger partial charge in [0.2, 0.25) is 0 Å². The van der Waals surface area contributed by atoms with Crippen molar-refractivity contribution in [2.45, 2.75) is 46.5 Å². The molecule has 1 aromatic rings. The Morgan fingerprint density at radius 1 is 1.21 bits per heavy atom. The molecule has 1 atom stereocenters. The smallest absolute Gasteiger partial charge is 0.336 e. The molecule has 1 N–H and O–H groups in total. The molecule has 3 rings (SSSR count). The van der Waals surface area contributed by atoms with Gasteiger partial charge in [0.25, 0.3) is 0 Å². The first kappa shape index (κ1) is 20.3. The molecule has 1 unspecified atom stereocenters. The quantitative estimate of drug-likeness (QED) is 0.619. The lowest BCUT2D eigenvalue weighted by Gasteiger charge is -2.39. The number of Topliss-reactive ketones (excluding diaryl/α,β-unsaturated/α-hetero) is 1. The van der Waals surface area contributed by atoms with Crippen LogP contribution < -0.4 is 5.32 Å². The molecule has 0 amide bonds. The molecule has 5 heteroatoms. The van der Waals surface area contributed by atoms with Crippen molar-refractivity contribution in [3.05, 3.63) is 57.9 Å². The molecule has 0 saturated carbocycles. The van der Waals surface area contributed by atoms with E-state index >= 15 is 0 Å². The average molecular weight is 383 g/mol. The van der Waals surface area contributed by atoms with Gasteiger partial charge in [0.1, 0.15) is 6.61 Å². The number of ketones is 1. The van der Waals surface area contributed by atoms with Crippen LogP contribution in [-0.4, -0.2) is 32.1 Å². The van der Waals surface area contributed by atoms with Gasteiger partial charge < -0.3 is 14.8 Å². The van der Waals surface area contributed by atoms with Gasteiger partial charge in [-0.3, -0.25) is 4.79 Å². The zero-order valence-corrected chi connectivity index (χ0v) is 17.3. The van der Waals surface area contributed by atoms with E-state index in [1.165, 1.54) is 0 Å². The second-order valence-electron chi connectivity index (χ2n) is 8.47. The van der Waals surface area contributed by atoms with Gasteiger partial charge >= 0.3 is 5.97 Å². The molecule has 1 aromatic carbocycles. The minimum atomic E-state index is -0.408. The van der Waals surface area contributed by atoms with Gasteiger partial charge in [-0.2, -0.15) is 0 Å². The molecule has 1 aliphatic carbocycles. The summed E-state index contributed by atoms with van der Waals surface area (Å²) in [6, 6.07) is 8.01. The summed E-state index contributed by atoms with van der Waals surface area (Å²) in [6.45, 7) is 8.61. The molecule has 1 heterocycles. The first-order chi connectivity index (χ1) is 13.2. The summed E-state index contributed by atoms with van der Waals surface area (Å²) >= 11 is 0. The van der Waals surface area contributed by atoms with Crippen LogP contribution in [0.25, 0.3) is 0 Å². The second-order valence-corrected chi connectivity index (χ2v) is 8.47. The summed E-state index contributed by atoms with van der Waals surface area (Å²) in [5.74, 6) is -0.715. The normalized spacial score (nSPS) is 21.3. The molecule has 0 spiro atoms. The van der Waals surface area contributed by atoms with E-state index in [1.54, 1.807) is 7.11 Å². The van der Waals surface area contributed by atoms with Crippen molar-refractivity contribution in [2.24, 2.45) is 5.41 Å². The largest absolute Gasteiger partial charge is 0.460 e. The van der Waals surface area contributed by atoms with Gasteiger partial charge in [-0.25, -0.2) is 4.79 Å². The van der Waals surface area contributed by atoms with Crippen LogP contribution >= 0.6 is 0 Å². The van der Waals surface area contributed by atoms with E-state index in [-0.39, 0.29) is 17.8 Å². The van der Waals surface area contributed by atoms with Gasteiger partial charge in [-0.05, 0) is 31.2 Å². The number of ether oxygens (including phenoxy) is 2. The zero-order chi connectivity index (χ0) is 20.5. The summed E-state index contributed by atoms with van der Waals surface area (Å²) in [4.78, 5) is 26.1. The Kier molecular flexibility index (Phi) is 5.75. The fraction of sp³-hybridized carbons (Fsp3) is 0.478. The highest BCUT2D eigenvalue weighted by Crippen LogP contribution is 2.46. The highest BCUT2D eigenvalue weighted by Gasteiger charge is 2.43. The summed E-state index contributed by atoms with van der Waals surface area (Å²) in [7, 11) is 1.57. The molecule has 1 aliphatic heterocycles. The van der Waals surface area contributed by atoms with Crippen molar-refractivity contribution < 1.29 is 19.1 Å². The SMILES string of the molecule is COCCOC(=O)C1=C(C)NC2=C(C(=O)CC(C)(C)C2)C1c1cccc(C)c1. The maximum Gasteiger partial charge on any atom is 0.336 e. The number of carbonyl (C=O) groups excluding carboxylic acids is 2. The monoisotopic (exact) mass is 383 g/mol. The van der Waals surface area contributed by atoms with E-state index in [0.29, 0.717) is 24.2 Å². The molecule has 0 bridgehead atoms. The van der Waals surface area contributed by atoms with E-state index in [9.17, 15) is 9.59 Å². The zero-order valence-electron chi connectivity index (χ0n) is 17.3.